The van der Waals surface area contributed by atoms with E-state index < -0.39 is 0 Å². The number of hydrogen-bond donors (Lipinski definition) is 0. The lowest BCUT2D eigenvalue weighted by Gasteiger charge is -2.19. The SMILES string of the molecule is CC/C=C\C=C(/C)n1c2ccc(-c3cccc(-c4ccccc4)c3)cc2c2cc(N(C)c3ccccc3)ccc21. The second-order valence-corrected chi connectivity index (χ2v) is 10.3. The Kier molecular flexibility index (Phi) is 7.08. The molecule has 0 aliphatic heterocycles. The Labute approximate surface area is 237 Å². The van der Waals surface area contributed by atoms with Gasteiger partial charge in [0.1, 0.15) is 0 Å². The normalized spacial score (nSPS) is 12.0. The van der Waals surface area contributed by atoms with Crippen molar-refractivity contribution in [2.24, 2.45) is 0 Å². The van der Waals surface area contributed by atoms with Crippen LogP contribution in [0.2, 0.25) is 0 Å². The minimum atomic E-state index is 1.03. The monoisotopic (exact) mass is 518 g/mol. The summed E-state index contributed by atoms with van der Waals surface area (Å²) in [5.74, 6) is 0. The Morgan fingerprint density at radius 1 is 0.625 bits per heavy atom. The Morgan fingerprint density at radius 2 is 1.23 bits per heavy atom. The smallest absolute Gasteiger partial charge is 0.0539 e. The highest BCUT2D eigenvalue weighted by Gasteiger charge is 2.15. The first-order valence-corrected chi connectivity index (χ1v) is 14.0. The van der Waals surface area contributed by atoms with Gasteiger partial charge in [0.25, 0.3) is 0 Å². The molecule has 0 spiro atoms. The van der Waals surface area contributed by atoms with Crippen LogP contribution >= 0.6 is 0 Å². The lowest BCUT2D eigenvalue weighted by atomic mass is 9.98. The van der Waals surface area contributed by atoms with E-state index in [1.54, 1.807) is 0 Å². The summed E-state index contributed by atoms with van der Waals surface area (Å²) in [6.45, 7) is 4.36. The maximum Gasteiger partial charge on any atom is 0.0539 e. The van der Waals surface area contributed by atoms with Crippen LogP contribution in [0.15, 0.2) is 140 Å². The van der Waals surface area contributed by atoms with Crippen LogP contribution in [0.5, 0.6) is 0 Å². The quantitative estimate of drug-likeness (QED) is 0.191. The van der Waals surface area contributed by atoms with Gasteiger partial charge in [0.15, 0.2) is 0 Å². The summed E-state index contributed by atoms with van der Waals surface area (Å²) >= 11 is 0. The van der Waals surface area contributed by atoms with E-state index in [-0.39, 0.29) is 0 Å². The second kappa shape index (κ2) is 11.1. The standard InChI is InChI=1S/C38H34N2/c1-4-5-8-14-28(2)40-37-23-21-32(31-18-13-17-30(25-31)29-15-9-6-10-16-29)26-35(37)36-27-34(22-24-38(36)40)39(3)33-19-11-7-12-20-33/h5-27H,4H2,1-3H3/b8-5-,28-14+. The van der Waals surface area contributed by atoms with Gasteiger partial charge >= 0.3 is 0 Å². The Balaban J connectivity index is 1.53. The predicted molar refractivity (Wildman–Crippen MR) is 174 cm³/mol. The van der Waals surface area contributed by atoms with Crippen molar-refractivity contribution < 1.29 is 0 Å². The molecule has 0 saturated carbocycles. The molecule has 0 atom stereocenters. The number of para-hydroxylation sites is 1. The molecule has 0 amide bonds. The van der Waals surface area contributed by atoms with Gasteiger partial charge in [0.05, 0.1) is 11.0 Å². The minimum absolute atomic E-state index is 1.03. The Morgan fingerprint density at radius 3 is 1.95 bits per heavy atom. The molecular weight excluding hydrogens is 484 g/mol. The zero-order chi connectivity index (χ0) is 27.5. The maximum absolute atomic E-state index is 2.39. The number of anilines is 2. The molecule has 0 aliphatic carbocycles. The minimum Gasteiger partial charge on any atom is -0.345 e. The zero-order valence-electron chi connectivity index (χ0n) is 23.4. The number of hydrogen-bond acceptors (Lipinski definition) is 1. The number of allylic oxidation sites excluding steroid dienone is 4. The van der Waals surface area contributed by atoms with Gasteiger partial charge < -0.3 is 9.47 Å². The summed E-state index contributed by atoms with van der Waals surface area (Å²) in [6, 6.07) is 43.7. The van der Waals surface area contributed by atoms with E-state index >= 15 is 0 Å². The van der Waals surface area contributed by atoms with Gasteiger partial charge in [-0.3, -0.25) is 0 Å². The summed E-state index contributed by atoms with van der Waals surface area (Å²) in [5.41, 5.74) is 10.9. The van der Waals surface area contributed by atoms with Gasteiger partial charge in [0.2, 0.25) is 0 Å². The number of rotatable bonds is 7. The molecule has 1 heterocycles. The first-order chi connectivity index (χ1) is 19.6. The third kappa shape index (κ3) is 4.85. The van der Waals surface area contributed by atoms with Crippen molar-refractivity contribution in [1.82, 2.24) is 4.57 Å². The second-order valence-electron chi connectivity index (χ2n) is 10.3. The molecular formula is C38H34N2. The molecule has 40 heavy (non-hydrogen) atoms. The molecule has 0 aliphatic rings. The van der Waals surface area contributed by atoms with Crippen molar-refractivity contribution >= 4 is 38.9 Å². The van der Waals surface area contributed by atoms with Crippen LogP contribution in [0.4, 0.5) is 11.4 Å². The van der Waals surface area contributed by atoms with Gasteiger partial charge in [-0.1, -0.05) is 91.9 Å². The molecule has 2 heteroatoms. The van der Waals surface area contributed by atoms with Crippen LogP contribution in [0, 0.1) is 0 Å². The highest BCUT2D eigenvalue weighted by Crippen LogP contribution is 2.38. The van der Waals surface area contributed by atoms with E-state index in [0.717, 1.165) is 6.42 Å². The van der Waals surface area contributed by atoms with Crippen LogP contribution in [0.25, 0.3) is 49.8 Å². The average Bonchev–Trinajstić information content (AvgIpc) is 3.35. The van der Waals surface area contributed by atoms with Crippen LogP contribution < -0.4 is 4.90 Å². The van der Waals surface area contributed by atoms with Gasteiger partial charge in [0, 0.05) is 34.9 Å². The van der Waals surface area contributed by atoms with Crippen molar-refractivity contribution in [3.05, 3.63) is 140 Å². The van der Waals surface area contributed by atoms with Crippen molar-refractivity contribution in [3.63, 3.8) is 0 Å². The summed E-state index contributed by atoms with van der Waals surface area (Å²) < 4.78 is 2.39. The average molecular weight is 519 g/mol. The lowest BCUT2D eigenvalue weighted by molar-refractivity contribution is 1.19. The van der Waals surface area contributed by atoms with Crippen LogP contribution in [0.3, 0.4) is 0 Å². The van der Waals surface area contributed by atoms with Gasteiger partial charge in [-0.15, -0.1) is 0 Å². The molecule has 0 fully saturated rings. The molecule has 0 saturated heterocycles. The van der Waals surface area contributed by atoms with Crippen molar-refractivity contribution in [3.8, 4) is 22.3 Å². The van der Waals surface area contributed by atoms with Crippen molar-refractivity contribution in [2.75, 3.05) is 11.9 Å². The third-order valence-electron chi connectivity index (χ3n) is 7.64. The number of benzene rings is 5. The van der Waals surface area contributed by atoms with Gasteiger partial charge in [-0.05, 0) is 90.2 Å². The van der Waals surface area contributed by atoms with E-state index in [1.165, 1.54) is 61.1 Å². The Hall–Kier alpha value is -4.82. The van der Waals surface area contributed by atoms with Crippen molar-refractivity contribution in [2.45, 2.75) is 20.3 Å². The number of aromatic nitrogens is 1. The predicted octanol–water partition coefficient (Wildman–Crippen LogP) is 10.7. The molecule has 0 bridgehead atoms. The highest BCUT2D eigenvalue weighted by atomic mass is 15.1. The van der Waals surface area contributed by atoms with E-state index in [0.29, 0.717) is 0 Å². The van der Waals surface area contributed by atoms with Gasteiger partial charge in [-0.2, -0.15) is 0 Å². The van der Waals surface area contributed by atoms with Crippen LogP contribution in [0.1, 0.15) is 20.3 Å². The van der Waals surface area contributed by atoms with E-state index in [1.807, 2.05) is 0 Å². The van der Waals surface area contributed by atoms with E-state index in [2.05, 4.69) is 170 Å². The molecule has 0 radical (unpaired) electrons. The van der Waals surface area contributed by atoms with Crippen LogP contribution in [-0.2, 0) is 0 Å². The van der Waals surface area contributed by atoms with Crippen LogP contribution in [-0.4, -0.2) is 11.6 Å². The molecule has 6 aromatic rings. The molecule has 6 rings (SSSR count). The van der Waals surface area contributed by atoms with Crippen molar-refractivity contribution in [1.29, 1.82) is 0 Å². The summed E-state index contributed by atoms with van der Waals surface area (Å²) in [4.78, 5) is 2.25. The fourth-order valence-corrected chi connectivity index (χ4v) is 5.51. The van der Waals surface area contributed by atoms with E-state index in [4.69, 9.17) is 0 Å². The highest BCUT2D eigenvalue weighted by molar-refractivity contribution is 6.12. The molecule has 5 aromatic carbocycles. The van der Waals surface area contributed by atoms with E-state index in [9.17, 15) is 0 Å². The summed E-state index contributed by atoms with van der Waals surface area (Å²) in [5, 5.41) is 2.51. The number of fused-ring (bicyclic) bond motifs is 3. The molecule has 0 unspecified atom stereocenters. The number of nitrogens with zero attached hydrogens (tertiary/aromatic N) is 2. The molecule has 1 aromatic heterocycles. The third-order valence-corrected chi connectivity index (χ3v) is 7.64. The molecule has 0 N–H and O–H groups in total. The topological polar surface area (TPSA) is 8.17 Å². The van der Waals surface area contributed by atoms with Gasteiger partial charge in [-0.25, -0.2) is 0 Å². The molecule has 2 nitrogen and oxygen atoms in total. The first kappa shape index (κ1) is 25.5. The largest absolute Gasteiger partial charge is 0.345 e. The fraction of sp³-hybridized carbons (Fsp3) is 0.105. The Bertz CT molecular complexity index is 1840. The molecule has 196 valence electrons. The summed E-state index contributed by atoms with van der Waals surface area (Å²) in [6.07, 6.45) is 7.59. The zero-order valence-corrected chi connectivity index (χ0v) is 23.4. The maximum atomic E-state index is 2.39. The first-order valence-electron chi connectivity index (χ1n) is 14.0. The lowest BCUT2D eigenvalue weighted by Crippen LogP contribution is -2.08. The fourth-order valence-electron chi connectivity index (χ4n) is 5.51. The summed E-state index contributed by atoms with van der Waals surface area (Å²) in [7, 11) is 2.14.